The van der Waals surface area contributed by atoms with E-state index in [2.05, 4.69) is 46.0 Å². The van der Waals surface area contributed by atoms with Crippen LogP contribution in [0.2, 0.25) is 0 Å². The van der Waals surface area contributed by atoms with Crippen LogP contribution in [-0.2, 0) is 0 Å². The van der Waals surface area contributed by atoms with Crippen molar-refractivity contribution in [3.05, 3.63) is 27.7 Å². The first-order chi connectivity index (χ1) is 10.2. The van der Waals surface area contributed by atoms with Crippen LogP contribution in [0.3, 0.4) is 0 Å². The van der Waals surface area contributed by atoms with Gasteiger partial charge in [-0.2, -0.15) is 0 Å². The van der Waals surface area contributed by atoms with E-state index in [9.17, 15) is 0 Å². The molecule has 1 saturated carbocycles. The second-order valence-corrected chi connectivity index (χ2v) is 8.55. The van der Waals surface area contributed by atoms with Crippen LogP contribution >= 0.6 is 27.3 Å². The number of thiazole rings is 1. The van der Waals surface area contributed by atoms with Crippen LogP contribution in [0, 0.1) is 0 Å². The van der Waals surface area contributed by atoms with Crippen molar-refractivity contribution in [2.75, 3.05) is 6.54 Å². The standard InChI is InChI=1S/C17H21BrN2S/c1-11-4-2-3-7-20(11)14-8-12(9-14)17-19-15-6-5-13(18)10-16(15)21-17/h5-6,10-12,14H,2-4,7-9H2,1H3/t11-,12-,14+/m1/s1. The van der Waals surface area contributed by atoms with Gasteiger partial charge >= 0.3 is 0 Å². The minimum absolute atomic E-state index is 0.695. The Bertz CT molecular complexity index is 647. The highest BCUT2D eigenvalue weighted by molar-refractivity contribution is 9.10. The van der Waals surface area contributed by atoms with E-state index < -0.39 is 0 Å². The average Bonchev–Trinajstić information content (AvgIpc) is 2.81. The number of rotatable bonds is 2. The maximum Gasteiger partial charge on any atom is 0.0970 e. The first-order valence-electron chi connectivity index (χ1n) is 8.02. The zero-order valence-electron chi connectivity index (χ0n) is 12.4. The van der Waals surface area contributed by atoms with Gasteiger partial charge in [0, 0.05) is 22.5 Å². The third-order valence-corrected chi connectivity index (χ3v) is 6.83. The van der Waals surface area contributed by atoms with Crippen molar-refractivity contribution in [2.24, 2.45) is 0 Å². The fraction of sp³-hybridized carbons (Fsp3) is 0.588. The lowest BCUT2D eigenvalue weighted by Gasteiger charge is -2.47. The molecule has 1 aliphatic carbocycles. The molecule has 1 saturated heterocycles. The minimum atomic E-state index is 0.695. The molecule has 2 nitrogen and oxygen atoms in total. The zero-order chi connectivity index (χ0) is 14.4. The van der Waals surface area contributed by atoms with E-state index in [0.717, 1.165) is 22.1 Å². The first-order valence-corrected chi connectivity index (χ1v) is 9.63. The smallest absolute Gasteiger partial charge is 0.0970 e. The van der Waals surface area contributed by atoms with Crippen molar-refractivity contribution in [3.8, 4) is 0 Å². The monoisotopic (exact) mass is 364 g/mol. The summed E-state index contributed by atoms with van der Waals surface area (Å²) in [4.78, 5) is 7.61. The van der Waals surface area contributed by atoms with Crippen LogP contribution in [0.4, 0.5) is 0 Å². The normalized spacial score (nSPS) is 30.5. The first kappa shape index (κ1) is 14.2. The fourth-order valence-electron chi connectivity index (χ4n) is 3.81. The van der Waals surface area contributed by atoms with Crippen molar-refractivity contribution in [2.45, 2.75) is 57.0 Å². The van der Waals surface area contributed by atoms with Gasteiger partial charge in [0.05, 0.1) is 15.2 Å². The van der Waals surface area contributed by atoms with Gasteiger partial charge < -0.3 is 0 Å². The molecular formula is C17H21BrN2S. The number of hydrogen-bond acceptors (Lipinski definition) is 3. The lowest BCUT2D eigenvalue weighted by atomic mass is 9.78. The van der Waals surface area contributed by atoms with Gasteiger partial charge in [-0.05, 0) is 57.4 Å². The Morgan fingerprint density at radius 3 is 2.95 bits per heavy atom. The highest BCUT2D eigenvalue weighted by Gasteiger charge is 2.38. The van der Waals surface area contributed by atoms with Crippen molar-refractivity contribution in [1.82, 2.24) is 9.88 Å². The Hall–Kier alpha value is -0.450. The van der Waals surface area contributed by atoms with Gasteiger partial charge in [0.25, 0.3) is 0 Å². The number of aromatic nitrogens is 1. The van der Waals surface area contributed by atoms with Crippen molar-refractivity contribution in [1.29, 1.82) is 0 Å². The summed E-state index contributed by atoms with van der Waals surface area (Å²) < 4.78 is 2.47. The lowest BCUT2D eigenvalue weighted by Crippen LogP contribution is -2.50. The molecule has 0 N–H and O–H groups in total. The molecule has 0 radical (unpaired) electrons. The second-order valence-electron chi connectivity index (χ2n) is 6.57. The molecule has 4 heteroatoms. The Labute approximate surface area is 138 Å². The number of benzene rings is 1. The quantitative estimate of drug-likeness (QED) is 0.729. The molecule has 2 fully saturated rings. The number of fused-ring (bicyclic) bond motifs is 1. The fourth-order valence-corrected chi connectivity index (χ4v) is 5.46. The summed E-state index contributed by atoms with van der Waals surface area (Å²) in [5, 5.41) is 1.35. The van der Waals surface area contributed by atoms with E-state index >= 15 is 0 Å². The number of likely N-dealkylation sites (tertiary alicyclic amines) is 1. The van der Waals surface area contributed by atoms with E-state index in [-0.39, 0.29) is 0 Å². The third-order valence-electron chi connectivity index (χ3n) is 5.15. The predicted octanol–water partition coefficient (Wildman–Crippen LogP) is 5.18. The summed E-state index contributed by atoms with van der Waals surface area (Å²) in [6.07, 6.45) is 6.81. The zero-order valence-corrected chi connectivity index (χ0v) is 14.8. The molecule has 1 atom stereocenters. The molecule has 0 amide bonds. The largest absolute Gasteiger partial charge is 0.298 e. The third kappa shape index (κ3) is 2.66. The summed E-state index contributed by atoms with van der Waals surface area (Å²) in [5.41, 5.74) is 1.16. The van der Waals surface area contributed by atoms with Gasteiger partial charge in [-0.1, -0.05) is 22.4 Å². The van der Waals surface area contributed by atoms with Gasteiger partial charge in [0.15, 0.2) is 0 Å². The Kier molecular flexibility index (Phi) is 3.80. The van der Waals surface area contributed by atoms with Crippen LogP contribution in [0.25, 0.3) is 10.2 Å². The minimum Gasteiger partial charge on any atom is -0.298 e. The van der Waals surface area contributed by atoms with Crippen molar-refractivity contribution in [3.63, 3.8) is 0 Å². The molecule has 1 aromatic heterocycles. The Morgan fingerprint density at radius 2 is 2.14 bits per heavy atom. The van der Waals surface area contributed by atoms with Crippen LogP contribution < -0.4 is 0 Å². The molecule has 1 aromatic carbocycles. The molecule has 0 spiro atoms. The summed E-state index contributed by atoms with van der Waals surface area (Å²) in [7, 11) is 0. The van der Waals surface area contributed by atoms with Crippen LogP contribution in [-0.4, -0.2) is 28.5 Å². The lowest BCUT2D eigenvalue weighted by molar-refractivity contribution is 0.0480. The number of hydrogen-bond donors (Lipinski definition) is 0. The molecule has 1 aliphatic heterocycles. The molecule has 2 aromatic rings. The molecule has 0 unspecified atom stereocenters. The van der Waals surface area contributed by atoms with Gasteiger partial charge in [0.1, 0.15) is 0 Å². The molecule has 2 heterocycles. The summed E-state index contributed by atoms with van der Waals surface area (Å²) in [6, 6.07) is 8.01. The van der Waals surface area contributed by atoms with Crippen molar-refractivity contribution < 1.29 is 0 Å². The topological polar surface area (TPSA) is 16.1 Å². The van der Waals surface area contributed by atoms with Gasteiger partial charge in [-0.15, -0.1) is 11.3 Å². The van der Waals surface area contributed by atoms with E-state index in [1.165, 1.54) is 48.4 Å². The van der Waals surface area contributed by atoms with E-state index in [4.69, 9.17) is 4.98 Å². The number of halogens is 1. The highest BCUT2D eigenvalue weighted by Crippen LogP contribution is 2.44. The van der Waals surface area contributed by atoms with Gasteiger partial charge in [-0.3, -0.25) is 4.90 Å². The summed E-state index contributed by atoms with van der Waals surface area (Å²) >= 11 is 5.44. The van der Waals surface area contributed by atoms with E-state index in [1.807, 2.05) is 11.3 Å². The van der Waals surface area contributed by atoms with Gasteiger partial charge in [0.2, 0.25) is 0 Å². The molecule has 2 aliphatic rings. The summed E-state index contributed by atoms with van der Waals surface area (Å²) in [6.45, 7) is 3.72. The number of nitrogens with zero attached hydrogens (tertiary/aromatic N) is 2. The molecule has 112 valence electrons. The van der Waals surface area contributed by atoms with Crippen LogP contribution in [0.15, 0.2) is 22.7 Å². The highest BCUT2D eigenvalue weighted by atomic mass is 79.9. The Balaban J connectivity index is 1.46. The van der Waals surface area contributed by atoms with Crippen molar-refractivity contribution >= 4 is 37.5 Å². The van der Waals surface area contributed by atoms with Gasteiger partial charge in [-0.25, -0.2) is 4.98 Å². The molecule has 4 rings (SSSR count). The predicted molar refractivity (Wildman–Crippen MR) is 93.1 cm³/mol. The summed E-state index contributed by atoms with van der Waals surface area (Å²) in [5.74, 6) is 0.695. The maximum absolute atomic E-state index is 4.85. The SMILES string of the molecule is C[C@@H]1CCCCN1[C@H]1C[C@@H](c2nc3ccc(Br)cc3s2)C1. The maximum atomic E-state index is 4.85. The molecule has 21 heavy (non-hydrogen) atoms. The average molecular weight is 365 g/mol. The van der Waals surface area contributed by atoms with Crippen LogP contribution in [0.1, 0.15) is 50.0 Å². The van der Waals surface area contributed by atoms with E-state index in [0.29, 0.717) is 5.92 Å². The Morgan fingerprint density at radius 1 is 1.29 bits per heavy atom. The number of piperidine rings is 1. The molecule has 0 bridgehead atoms. The molecular weight excluding hydrogens is 344 g/mol. The second kappa shape index (κ2) is 5.64. The van der Waals surface area contributed by atoms with E-state index in [1.54, 1.807) is 0 Å². The van der Waals surface area contributed by atoms with Crippen LogP contribution in [0.5, 0.6) is 0 Å².